The average Bonchev–Trinajstić information content (AvgIpc) is 2.12. The molecule has 0 aromatic carbocycles. The number of nitro groups is 1. The molecule has 0 fully saturated rings. The molecule has 0 aliphatic heterocycles. The summed E-state index contributed by atoms with van der Waals surface area (Å²) < 4.78 is 51.4. The van der Waals surface area contributed by atoms with Crippen molar-refractivity contribution in [3.63, 3.8) is 0 Å². The Balaban J connectivity index is 3.01. The van der Waals surface area contributed by atoms with Crippen molar-refractivity contribution >= 4 is 0 Å². The zero-order valence-corrected chi connectivity index (χ0v) is 7.16. The summed E-state index contributed by atoms with van der Waals surface area (Å²) in [7, 11) is 0. The fourth-order valence-electron chi connectivity index (χ4n) is 0.994. The molecule has 0 bridgehead atoms. The highest BCUT2D eigenvalue weighted by Gasteiger charge is 2.40. The Morgan fingerprint density at radius 3 is 2.60 bits per heavy atom. The summed E-state index contributed by atoms with van der Waals surface area (Å²) in [5.41, 5.74) is -3.02. The maximum atomic E-state index is 13.5. The third-order valence-electron chi connectivity index (χ3n) is 1.74. The van der Waals surface area contributed by atoms with Crippen LogP contribution in [0.5, 0.6) is 0 Å². The van der Waals surface area contributed by atoms with Gasteiger partial charge in [-0.05, 0) is 12.2 Å². The summed E-state index contributed by atoms with van der Waals surface area (Å²) in [6.07, 6.45) is -2.03. The van der Waals surface area contributed by atoms with Crippen LogP contribution in [0.15, 0.2) is 36.1 Å². The minimum atomic E-state index is -3.02. The van der Waals surface area contributed by atoms with E-state index in [1.54, 1.807) is 0 Å². The van der Waals surface area contributed by atoms with Gasteiger partial charge in [0.15, 0.2) is 23.5 Å². The molecule has 0 saturated heterocycles. The number of halogens is 4. The van der Waals surface area contributed by atoms with E-state index in [-0.39, 0.29) is 24.4 Å². The predicted molar refractivity (Wildman–Crippen MR) is 43.3 cm³/mol. The first-order valence-electron chi connectivity index (χ1n) is 3.77. The van der Waals surface area contributed by atoms with Crippen LogP contribution in [0.1, 0.15) is 0 Å². The van der Waals surface area contributed by atoms with E-state index >= 15 is 0 Å². The second-order valence-corrected chi connectivity index (χ2v) is 2.84. The Labute approximate surface area is 81.5 Å². The first-order chi connectivity index (χ1) is 6.85. The summed E-state index contributed by atoms with van der Waals surface area (Å²) >= 11 is 0. The van der Waals surface area contributed by atoms with Gasteiger partial charge in [0.05, 0.1) is 4.92 Å². The minimum Gasteiger partial charge on any atom is -0.259 e. The quantitative estimate of drug-likeness (QED) is 0.410. The maximum Gasteiger partial charge on any atom is 0.234 e. The van der Waals surface area contributed by atoms with Gasteiger partial charge in [0.2, 0.25) is 6.20 Å². The molecule has 0 aromatic heterocycles. The van der Waals surface area contributed by atoms with Gasteiger partial charge in [0.25, 0.3) is 0 Å². The lowest BCUT2D eigenvalue weighted by molar-refractivity contribution is -0.403. The van der Waals surface area contributed by atoms with Gasteiger partial charge in [-0.25, -0.2) is 17.6 Å². The molecule has 1 rings (SSSR count). The molecule has 0 amide bonds. The van der Waals surface area contributed by atoms with E-state index in [9.17, 15) is 27.7 Å². The van der Waals surface area contributed by atoms with Gasteiger partial charge in [-0.3, -0.25) is 10.1 Å². The molecule has 0 radical (unpaired) electrons. The number of allylic oxidation sites excluding steroid dienone is 5. The van der Waals surface area contributed by atoms with Crippen LogP contribution in [0, 0.1) is 10.1 Å². The number of hydrogen-bond donors (Lipinski definition) is 0. The van der Waals surface area contributed by atoms with Crippen LogP contribution in [0.3, 0.4) is 0 Å². The second-order valence-electron chi connectivity index (χ2n) is 2.84. The van der Waals surface area contributed by atoms with Crippen molar-refractivity contribution in [3.05, 3.63) is 46.2 Å². The highest BCUT2D eigenvalue weighted by molar-refractivity contribution is 5.35. The average molecular weight is 223 g/mol. The van der Waals surface area contributed by atoms with E-state index < -0.39 is 28.4 Å². The van der Waals surface area contributed by atoms with E-state index in [2.05, 4.69) is 0 Å². The summed E-state index contributed by atoms with van der Waals surface area (Å²) in [4.78, 5) is 8.83. The van der Waals surface area contributed by atoms with Crippen LogP contribution in [0.2, 0.25) is 0 Å². The van der Waals surface area contributed by atoms with E-state index in [0.717, 1.165) is 0 Å². The van der Waals surface area contributed by atoms with Gasteiger partial charge < -0.3 is 0 Å². The Morgan fingerprint density at radius 2 is 2.07 bits per heavy atom. The molecule has 7 heteroatoms. The van der Waals surface area contributed by atoms with Crippen molar-refractivity contribution in [1.29, 1.82) is 0 Å². The number of hydrogen-bond acceptors (Lipinski definition) is 2. The SMILES string of the molecule is O=[N+]([O-])C=CC1(F)C=C(F)C(F)=CC1F. The highest BCUT2D eigenvalue weighted by Crippen LogP contribution is 2.34. The lowest BCUT2D eigenvalue weighted by atomic mass is 9.94. The largest absolute Gasteiger partial charge is 0.259 e. The summed E-state index contributed by atoms with van der Waals surface area (Å²) in [5.74, 6) is -3.11. The van der Waals surface area contributed by atoms with Crippen LogP contribution in [0.4, 0.5) is 17.6 Å². The van der Waals surface area contributed by atoms with E-state index in [1.807, 2.05) is 0 Å². The predicted octanol–water partition coefficient (Wildman–Crippen LogP) is 2.54. The van der Waals surface area contributed by atoms with E-state index in [4.69, 9.17) is 0 Å². The topological polar surface area (TPSA) is 43.1 Å². The molecule has 1 aliphatic carbocycles. The molecule has 0 N–H and O–H groups in total. The molecule has 0 heterocycles. The number of alkyl halides is 2. The summed E-state index contributed by atoms with van der Waals surface area (Å²) in [6, 6.07) is 0. The maximum absolute atomic E-state index is 13.5. The number of nitrogens with zero attached hydrogens (tertiary/aromatic N) is 1. The third-order valence-corrected chi connectivity index (χ3v) is 1.74. The first-order valence-corrected chi connectivity index (χ1v) is 3.77. The van der Waals surface area contributed by atoms with Crippen LogP contribution in [-0.4, -0.2) is 16.8 Å². The fraction of sp³-hybridized carbons (Fsp3) is 0.250. The van der Waals surface area contributed by atoms with Gasteiger partial charge in [0.1, 0.15) is 0 Å². The molecule has 3 nitrogen and oxygen atoms in total. The lowest BCUT2D eigenvalue weighted by Crippen LogP contribution is -2.32. The smallest absolute Gasteiger partial charge is 0.234 e. The molecule has 15 heavy (non-hydrogen) atoms. The van der Waals surface area contributed by atoms with Gasteiger partial charge in [-0.15, -0.1) is 0 Å². The van der Waals surface area contributed by atoms with Crippen molar-refractivity contribution in [2.24, 2.45) is 0 Å². The molecule has 0 aromatic rings. The molecule has 2 unspecified atom stereocenters. The van der Waals surface area contributed by atoms with Crippen LogP contribution < -0.4 is 0 Å². The van der Waals surface area contributed by atoms with Crippen molar-refractivity contribution in [3.8, 4) is 0 Å². The molecular formula is C8H5F4NO2. The normalized spacial score (nSPS) is 31.3. The van der Waals surface area contributed by atoms with Crippen molar-refractivity contribution in [1.82, 2.24) is 0 Å². The number of rotatable bonds is 2. The molecular weight excluding hydrogens is 218 g/mol. The second kappa shape index (κ2) is 3.84. The van der Waals surface area contributed by atoms with Crippen molar-refractivity contribution < 1.29 is 22.5 Å². The lowest BCUT2D eigenvalue weighted by Gasteiger charge is -2.22. The van der Waals surface area contributed by atoms with E-state index in [1.165, 1.54) is 0 Å². The van der Waals surface area contributed by atoms with Crippen molar-refractivity contribution in [2.45, 2.75) is 11.8 Å². The fourth-order valence-corrected chi connectivity index (χ4v) is 0.994. The van der Waals surface area contributed by atoms with Gasteiger partial charge in [-0.2, -0.15) is 0 Å². The molecule has 2 atom stereocenters. The summed E-state index contributed by atoms with van der Waals surface area (Å²) in [5, 5.41) is 9.86. The molecule has 82 valence electrons. The van der Waals surface area contributed by atoms with Gasteiger partial charge >= 0.3 is 0 Å². The zero-order valence-electron chi connectivity index (χ0n) is 7.16. The van der Waals surface area contributed by atoms with Gasteiger partial charge in [0, 0.05) is 6.08 Å². The standard InChI is InChI=1S/C8H5F4NO2/c9-5-3-7(11)8(12,4-6(5)10)1-2-13(14)15/h1-4,7H. The van der Waals surface area contributed by atoms with Gasteiger partial charge in [-0.1, -0.05) is 0 Å². The minimum absolute atomic E-state index is 0.0208. The molecule has 0 spiro atoms. The van der Waals surface area contributed by atoms with E-state index in [0.29, 0.717) is 0 Å². The monoisotopic (exact) mass is 223 g/mol. The first kappa shape index (κ1) is 11.4. The Hall–Kier alpha value is -1.66. The molecule has 1 aliphatic rings. The highest BCUT2D eigenvalue weighted by atomic mass is 19.2. The van der Waals surface area contributed by atoms with Crippen LogP contribution >= 0.6 is 0 Å². The van der Waals surface area contributed by atoms with Crippen molar-refractivity contribution in [2.75, 3.05) is 0 Å². The summed E-state index contributed by atoms with van der Waals surface area (Å²) in [6.45, 7) is 0. The third kappa shape index (κ3) is 2.42. The Kier molecular flexibility index (Phi) is 2.92. The van der Waals surface area contributed by atoms with Crippen LogP contribution in [0.25, 0.3) is 0 Å². The Morgan fingerprint density at radius 1 is 1.47 bits per heavy atom. The van der Waals surface area contributed by atoms with Crippen LogP contribution in [-0.2, 0) is 0 Å². The Bertz CT molecular complexity index is 377. The molecule has 0 saturated carbocycles. The zero-order chi connectivity index (χ0) is 11.6.